The summed E-state index contributed by atoms with van der Waals surface area (Å²) >= 11 is 0. The number of nitrogens with zero attached hydrogens (tertiary/aromatic N) is 1. The largest absolute Gasteiger partial charge is 0.471 e. The third-order valence-corrected chi connectivity index (χ3v) is 2.68. The second-order valence-corrected chi connectivity index (χ2v) is 4.37. The normalized spacial score (nSPS) is 12.8. The van der Waals surface area contributed by atoms with E-state index in [0.29, 0.717) is 19.3 Å². The van der Waals surface area contributed by atoms with Crippen LogP contribution in [0.25, 0.3) is 0 Å². The number of carbonyl (C=O) groups excluding carboxylic acids is 1. The summed E-state index contributed by atoms with van der Waals surface area (Å²) in [6.07, 6.45) is 4.04. The highest BCUT2D eigenvalue weighted by Gasteiger charge is 2.41. The van der Waals surface area contributed by atoms with E-state index in [1.54, 1.807) is 13.0 Å². The Morgan fingerprint density at radius 1 is 1.30 bits per heavy atom. The van der Waals surface area contributed by atoms with Crippen molar-refractivity contribution in [2.24, 2.45) is 0 Å². The first kappa shape index (κ1) is 18.5. The third-order valence-electron chi connectivity index (χ3n) is 2.68. The van der Waals surface area contributed by atoms with Crippen LogP contribution in [0.15, 0.2) is 36.5 Å². The lowest BCUT2D eigenvalue weighted by Crippen LogP contribution is -2.42. The highest BCUT2D eigenvalue weighted by molar-refractivity contribution is 5.81. The van der Waals surface area contributed by atoms with Crippen molar-refractivity contribution < 1.29 is 18.0 Å². The van der Waals surface area contributed by atoms with Crippen molar-refractivity contribution >= 4 is 5.91 Å². The summed E-state index contributed by atoms with van der Waals surface area (Å²) in [6.45, 7) is 7.51. The van der Waals surface area contributed by atoms with Crippen LogP contribution in [-0.4, -0.2) is 30.1 Å². The maximum absolute atomic E-state index is 12.4. The summed E-state index contributed by atoms with van der Waals surface area (Å²) < 4.78 is 37.2. The zero-order valence-corrected chi connectivity index (χ0v) is 12.0. The van der Waals surface area contributed by atoms with Gasteiger partial charge in [-0.3, -0.25) is 4.79 Å². The van der Waals surface area contributed by atoms with Crippen LogP contribution in [0.3, 0.4) is 0 Å². The second kappa shape index (κ2) is 9.39. The number of allylic oxidation sites excluding steroid dienone is 5. The first-order chi connectivity index (χ1) is 9.36. The molecular weight excluding hydrogens is 267 g/mol. The SMILES string of the molecule is C=C/C(=C\C=C/C)CCCN(CCC)C(=O)C(F)(F)F. The van der Waals surface area contributed by atoms with Gasteiger partial charge in [-0.1, -0.05) is 37.8 Å². The maximum atomic E-state index is 12.4. The number of amides is 1. The molecule has 114 valence electrons. The van der Waals surface area contributed by atoms with Crippen molar-refractivity contribution in [1.82, 2.24) is 4.90 Å². The van der Waals surface area contributed by atoms with E-state index in [2.05, 4.69) is 6.58 Å². The molecule has 2 nitrogen and oxygen atoms in total. The van der Waals surface area contributed by atoms with Crippen LogP contribution >= 0.6 is 0 Å². The lowest BCUT2D eigenvalue weighted by Gasteiger charge is -2.23. The Bertz CT molecular complexity index is 370. The van der Waals surface area contributed by atoms with Crippen molar-refractivity contribution in [2.75, 3.05) is 13.1 Å². The van der Waals surface area contributed by atoms with Crippen molar-refractivity contribution in [3.05, 3.63) is 36.5 Å². The smallest absolute Gasteiger partial charge is 0.335 e. The first-order valence-corrected chi connectivity index (χ1v) is 6.67. The summed E-state index contributed by atoms with van der Waals surface area (Å²) in [5.74, 6) is -1.75. The lowest BCUT2D eigenvalue weighted by molar-refractivity contribution is -0.185. The Kier molecular flexibility index (Phi) is 8.68. The quantitative estimate of drug-likeness (QED) is 0.611. The molecule has 0 aromatic rings. The molecule has 0 aliphatic rings. The van der Waals surface area contributed by atoms with Gasteiger partial charge in [-0.05, 0) is 31.8 Å². The van der Waals surface area contributed by atoms with E-state index in [-0.39, 0.29) is 13.1 Å². The van der Waals surface area contributed by atoms with Gasteiger partial charge in [-0.2, -0.15) is 13.2 Å². The van der Waals surface area contributed by atoms with Gasteiger partial charge in [0.05, 0.1) is 0 Å². The molecule has 0 atom stereocenters. The Labute approximate surface area is 118 Å². The molecule has 0 unspecified atom stereocenters. The van der Waals surface area contributed by atoms with Crippen LogP contribution in [-0.2, 0) is 4.79 Å². The van der Waals surface area contributed by atoms with E-state index in [0.717, 1.165) is 10.5 Å². The molecule has 20 heavy (non-hydrogen) atoms. The van der Waals surface area contributed by atoms with Gasteiger partial charge < -0.3 is 4.90 Å². The topological polar surface area (TPSA) is 20.3 Å². The fourth-order valence-electron chi connectivity index (χ4n) is 1.71. The minimum atomic E-state index is -4.79. The van der Waals surface area contributed by atoms with Crippen molar-refractivity contribution in [3.8, 4) is 0 Å². The lowest BCUT2D eigenvalue weighted by atomic mass is 10.1. The number of carbonyl (C=O) groups is 1. The van der Waals surface area contributed by atoms with Gasteiger partial charge in [-0.25, -0.2) is 0 Å². The fraction of sp³-hybridized carbons (Fsp3) is 0.533. The molecule has 0 aromatic carbocycles. The molecule has 0 bridgehead atoms. The summed E-state index contributed by atoms with van der Waals surface area (Å²) in [5.41, 5.74) is 0.944. The summed E-state index contributed by atoms with van der Waals surface area (Å²) in [4.78, 5) is 12.1. The van der Waals surface area contributed by atoms with E-state index in [9.17, 15) is 18.0 Å². The third kappa shape index (κ3) is 7.16. The molecular formula is C15H22F3NO. The van der Waals surface area contributed by atoms with E-state index in [1.165, 1.54) is 0 Å². The molecule has 0 rings (SSSR count). The highest BCUT2D eigenvalue weighted by atomic mass is 19.4. The average molecular weight is 289 g/mol. The molecule has 0 radical (unpaired) electrons. The van der Waals surface area contributed by atoms with Gasteiger partial charge in [0.2, 0.25) is 0 Å². The van der Waals surface area contributed by atoms with Gasteiger partial charge in [0, 0.05) is 13.1 Å². The second-order valence-electron chi connectivity index (χ2n) is 4.37. The van der Waals surface area contributed by atoms with Gasteiger partial charge in [0.15, 0.2) is 0 Å². The molecule has 0 saturated heterocycles. The van der Waals surface area contributed by atoms with E-state index in [1.807, 2.05) is 25.2 Å². The summed E-state index contributed by atoms with van der Waals surface area (Å²) in [5, 5.41) is 0. The Balaban J connectivity index is 4.49. The van der Waals surface area contributed by atoms with Gasteiger partial charge >= 0.3 is 12.1 Å². The Morgan fingerprint density at radius 2 is 1.95 bits per heavy atom. The zero-order chi connectivity index (χ0) is 15.6. The fourth-order valence-corrected chi connectivity index (χ4v) is 1.71. The number of alkyl halides is 3. The van der Waals surface area contributed by atoms with Gasteiger partial charge in [0.1, 0.15) is 0 Å². The minimum absolute atomic E-state index is 0.104. The summed E-state index contributed by atoms with van der Waals surface area (Å²) in [6, 6.07) is 0. The standard InChI is InChI=1S/C15H22F3NO/c1-4-7-9-13(6-3)10-8-12-19(11-5-2)14(20)15(16,17)18/h4,6-7,9H,3,5,8,10-12H2,1-2H3/b7-4-,13-9+. The average Bonchev–Trinajstić information content (AvgIpc) is 2.39. The monoisotopic (exact) mass is 289 g/mol. The predicted molar refractivity (Wildman–Crippen MR) is 75.3 cm³/mol. The van der Waals surface area contributed by atoms with Crippen molar-refractivity contribution in [3.63, 3.8) is 0 Å². The molecule has 0 aliphatic carbocycles. The molecule has 0 fully saturated rings. The number of hydrogen-bond donors (Lipinski definition) is 0. The van der Waals surface area contributed by atoms with E-state index < -0.39 is 12.1 Å². The first-order valence-electron chi connectivity index (χ1n) is 6.67. The molecule has 0 spiro atoms. The van der Waals surface area contributed by atoms with Crippen LogP contribution in [0.5, 0.6) is 0 Å². The number of halogens is 3. The minimum Gasteiger partial charge on any atom is -0.335 e. The summed E-state index contributed by atoms with van der Waals surface area (Å²) in [7, 11) is 0. The Morgan fingerprint density at radius 3 is 2.40 bits per heavy atom. The highest BCUT2D eigenvalue weighted by Crippen LogP contribution is 2.19. The molecule has 0 aliphatic heterocycles. The van der Waals surface area contributed by atoms with Crippen molar-refractivity contribution in [1.29, 1.82) is 0 Å². The van der Waals surface area contributed by atoms with Crippen molar-refractivity contribution in [2.45, 2.75) is 39.3 Å². The van der Waals surface area contributed by atoms with Crippen LogP contribution in [0.2, 0.25) is 0 Å². The Hall–Kier alpha value is -1.52. The van der Waals surface area contributed by atoms with Crippen LogP contribution in [0.1, 0.15) is 33.1 Å². The molecule has 0 N–H and O–H groups in total. The molecule has 5 heteroatoms. The number of rotatable bonds is 8. The predicted octanol–water partition coefficient (Wildman–Crippen LogP) is 4.26. The zero-order valence-electron chi connectivity index (χ0n) is 12.0. The molecule has 0 saturated carbocycles. The molecule has 0 aromatic heterocycles. The van der Waals surface area contributed by atoms with Crippen LogP contribution in [0.4, 0.5) is 13.2 Å². The molecule has 0 heterocycles. The van der Waals surface area contributed by atoms with Gasteiger partial charge in [-0.15, -0.1) is 0 Å². The van der Waals surface area contributed by atoms with Crippen LogP contribution in [0, 0.1) is 0 Å². The van der Waals surface area contributed by atoms with Crippen LogP contribution < -0.4 is 0 Å². The molecule has 1 amide bonds. The number of hydrogen-bond acceptors (Lipinski definition) is 1. The van der Waals surface area contributed by atoms with E-state index in [4.69, 9.17) is 0 Å². The van der Waals surface area contributed by atoms with E-state index >= 15 is 0 Å². The maximum Gasteiger partial charge on any atom is 0.471 e. The van der Waals surface area contributed by atoms with Gasteiger partial charge in [0.25, 0.3) is 0 Å².